The molecule has 0 spiro atoms. The minimum absolute atomic E-state index is 0.591. The maximum absolute atomic E-state index is 5.59. The fraction of sp³-hybridized carbons (Fsp3) is 0.143. The monoisotopic (exact) mass is 155 g/mol. The van der Waals surface area contributed by atoms with Crippen LogP contribution in [0, 0.1) is 0 Å². The van der Waals surface area contributed by atoms with Crippen molar-refractivity contribution in [1.82, 2.24) is 0 Å². The van der Waals surface area contributed by atoms with E-state index in [1.54, 1.807) is 13.2 Å². The number of nitrogens with two attached hydrogens (primary N) is 1. The van der Waals surface area contributed by atoms with E-state index in [-0.39, 0.29) is 0 Å². The molecule has 0 bridgehead atoms. The van der Waals surface area contributed by atoms with Crippen LogP contribution >= 0.6 is 12.6 Å². The maximum atomic E-state index is 5.59. The van der Waals surface area contributed by atoms with Crippen molar-refractivity contribution >= 4 is 18.3 Å². The van der Waals surface area contributed by atoms with Crippen LogP contribution in [0.2, 0.25) is 0 Å². The summed E-state index contributed by atoms with van der Waals surface area (Å²) in [6.45, 7) is 0. The van der Waals surface area contributed by atoms with Crippen molar-refractivity contribution in [2.75, 3.05) is 12.8 Å². The summed E-state index contributed by atoms with van der Waals surface area (Å²) in [6.07, 6.45) is 0. The molecule has 0 radical (unpaired) electrons. The highest BCUT2D eigenvalue weighted by Crippen LogP contribution is 2.26. The minimum atomic E-state index is 0.591. The highest BCUT2D eigenvalue weighted by molar-refractivity contribution is 7.80. The molecule has 2 N–H and O–H groups in total. The Balaban J connectivity index is 3.14. The molecule has 10 heavy (non-hydrogen) atoms. The summed E-state index contributed by atoms with van der Waals surface area (Å²) in [6, 6.07) is 5.47. The molecule has 0 heterocycles. The Kier molecular flexibility index (Phi) is 2.06. The van der Waals surface area contributed by atoms with Crippen molar-refractivity contribution in [3.05, 3.63) is 18.2 Å². The van der Waals surface area contributed by atoms with Crippen molar-refractivity contribution in [3.63, 3.8) is 0 Å². The Labute approximate surface area is 65.4 Å². The van der Waals surface area contributed by atoms with Crippen LogP contribution in [0.3, 0.4) is 0 Å². The quantitative estimate of drug-likeness (QED) is 0.477. The van der Waals surface area contributed by atoms with Gasteiger partial charge in [-0.05, 0) is 12.1 Å². The topological polar surface area (TPSA) is 35.2 Å². The predicted molar refractivity (Wildman–Crippen MR) is 44.7 cm³/mol. The number of methoxy groups -OCH3 is 1. The molecule has 2 nitrogen and oxygen atoms in total. The van der Waals surface area contributed by atoms with E-state index >= 15 is 0 Å². The lowest BCUT2D eigenvalue weighted by Crippen LogP contribution is -1.92. The Morgan fingerprint density at radius 1 is 1.50 bits per heavy atom. The van der Waals surface area contributed by atoms with E-state index in [4.69, 9.17) is 10.5 Å². The molecular formula is C7H9NOS. The molecule has 3 heteroatoms. The van der Waals surface area contributed by atoms with Gasteiger partial charge in [-0.15, -0.1) is 12.6 Å². The smallest absolute Gasteiger partial charge is 0.142 e. The number of benzene rings is 1. The highest BCUT2D eigenvalue weighted by Gasteiger charge is 1.99. The second-order valence-corrected chi connectivity index (χ2v) is 2.37. The lowest BCUT2D eigenvalue weighted by Gasteiger charge is -2.04. The first-order valence-electron chi connectivity index (χ1n) is 2.87. The molecule has 1 aromatic carbocycles. The van der Waals surface area contributed by atoms with Crippen LogP contribution in [0.5, 0.6) is 5.75 Å². The molecule has 0 saturated heterocycles. The van der Waals surface area contributed by atoms with Crippen molar-refractivity contribution in [3.8, 4) is 5.75 Å². The first-order chi connectivity index (χ1) is 4.75. The van der Waals surface area contributed by atoms with Crippen LogP contribution in [0.4, 0.5) is 5.69 Å². The van der Waals surface area contributed by atoms with Crippen LogP contribution in [0.1, 0.15) is 0 Å². The summed E-state index contributed by atoms with van der Waals surface area (Å²) in [7, 11) is 1.58. The molecule has 1 rings (SSSR count). The second-order valence-electron chi connectivity index (χ2n) is 1.89. The molecule has 0 fully saturated rings. The third-order valence-corrected chi connectivity index (χ3v) is 1.65. The minimum Gasteiger partial charge on any atom is -0.495 e. The van der Waals surface area contributed by atoms with Crippen LogP contribution in [0.25, 0.3) is 0 Å². The molecule has 0 saturated carbocycles. The molecule has 0 atom stereocenters. The number of ether oxygens (including phenoxy) is 1. The lowest BCUT2D eigenvalue weighted by atomic mass is 10.3. The second kappa shape index (κ2) is 2.84. The molecular weight excluding hydrogens is 146 g/mol. The third-order valence-electron chi connectivity index (χ3n) is 1.26. The van der Waals surface area contributed by atoms with E-state index < -0.39 is 0 Å². The van der Waals surface area contributed by atoms with E-state index in [1.807, 2.05) is 12.1 Å². The SMILES string of the molecule is COc1cccc(S)c1N. The average molecular weight is 155 g/mol. The Bertz CT molecular complexity index is 237. The van der Waals surface area contributed by atoms with Gasteiger partial charge in [-0.25, -0.2) is 0 Å². The number of hydrogen-bond donors (Lipinski definition) is 2. The number of nitrogen functional groups attached to an aromatic ring is 1. The molecule has 1 aromatic rings. The van der Waals surface area contributed by atoms with Gasteiger partial charge in [-0.2, -0.15) is 0 Å². The molecule has 0 unspecified atom stereocenters. The van der Waals surface area contributed by atoms with Gasteiger partial charge in [0.15, 0.2) is 0 Å². The fourth-order valence-electron chi connectivity index (χ4n) is 0.710. The highest BCUT2D eigenvalue weighted by atomic mass is 32.1. The van der Waals surface area contributed by atoms with Crippen molar-refractivity contribution in [2.45, 2.75) is 4.90 Å². The summed E-state index contributed by atoms with van der Waals surface area (Å²) in [4.78, 5) is 0.749. The number of para-hydroxylation sites is 1. The Hall–Kier alpha value is -0.830. The largest absolute Gasteiger partial charge is 0.495 e. The first-order valence-corrected chi connectivity index (χ1v) is 3.32. The van der Waals surface area contributed by atoms with Gasteiger partial charge in [0.2, 0.25) is 0 Å². The zero-order chi connectivity index (χ0) is 7.56. The zero-order valence-electron chi connectivity index (χ0n) is 5.66. The molecule has 0 aliphatic heterocycles. The normalized spacial score (nSPS) is 9.40. The Morgan fingerprint density at radius 3 is 2.70 bits per heavy atom. The van der Waals surface area contributed by atoms with Crippen molar-refractivity contribution < 1.29 is 4.74 Å². The summed E-state index contributed by atoms with van der Waals surface area (Å²) >= 11 is 4.12. The molecule has 0 aliphatic rings. The van der Waals surface area contributed by atoms with E-state index in [2.05, 4.69) is 12.6 Å². The summed E-state index contributed by atoms with van der Waals surface area (Å²) < 4.78 is 4.95. The van der Waals surface area contributed by atoms with Gasteiger partial charge in [0.05, 0.1) is 12.8 Å². The average Bonchev–Trinajstić information content (AvgIpc) is 1.95. The van der Waals surface area contributed by atoms with Gasteiger partial charge in [0.1, 0.15) is 5.75 Å². The summed E-state index contributed by atoms with van der Waals surface area (Å²) in [5.41, 5.74) is 6.18. The number of anilines is 1. The number of rotatable bonds is 1. The zero-order valence-corrected chi connectivity index (χ0v) is 6.56. The summed E-state index contributed by atoms with van der Waals surface area (Å²) in [5.74, 6) is 0.674. The van der Waals surface area contributed by atoms with Crippen LogP contribution in [-0.2, 0) is 0 Å². The Morgan fingerprint density at radius 2 is 2.20 bits per heavy atom. The number of hydrogen-bond acceptors (Lipinski definition) is 3. The standard InChI is InChI=1S/C7H9NOS/c1-9-5-3-2-4-6(10)7(5)8/h2-4,10H,8H2,1H3. The van der Waals surface area contributed by atoms with Crippen LogP contribution in [0.15, 0.2) is 23.1 Å². The first kappa shape index (κ1) is 7.28. The van der Waals surface area contributed by atoms with Gasteiger partial charge >= 0.3 is 0 Å². The fourth-order valence-corrected chi connectivity index (χ4v) is 0.907. The molecule has 0 amide bonds. The van der Waals surface area contributed by atoms with Crippen LogP contribution in [-0.4, -0.2) is 7.11 Å². The van der Waals surface area contributed by atoms with E-state index in [0.717, 1.165) is 4.90 Å². The lowest BCUT2D eigenvalue weighted by molar-refractivity contribution is 0.416. The van der Waals surface area contributed by atoms with Crippen molar-refractivity contribution in [2.24, 2.45) is 0 Å². The molecule has 0 aliphatic carbocycles. The number of thiol groups is 1. The van der Waals surface area contributed by atoms with E-state index in [0.29, 0.717) is 11.4 Å². The maximum Gasteiger partial charge on any atom is 0.142 e. The van der Waals surface area contributed by atoms with Gasteiger partial charge in [0.25, 0.3) is 0 Å². The predicted octanol–water partition coefficient (Wildman–Crippen LogP) is 1.57. The van der Waals surface area contributed by atoms with Crippen molar-refractivity contribution in [1.29, 1.82) is 0 Å². The van der Waals surface area contributed by atoms with E-state index in [1.165, 1.54) is 0 Å². The third kappa shape index (κ3) is 1.19. The van der Waals surface area contributed by atoms with Gasteiger partial charge in [-0.1, -0.05) is 6.07 Å². The summed E-state index contributed by atoms with van der Waals surface area (Å²) in [5, 5.41) is 0. The van der Waals surface area contributed by atoms with Crippen LogP contribution < -0.4 is 10.5 Å². The van der Waals surface area contributed by atoms with Gasteiger partial charge in [-0.3, -0.25) is 0 Å². The molecule has 0 aromatic heterocycles. The van der Waals surface area contributed by atoms with Gasteiger partial charge in [0, 0.05) is 4.90 Å². The molecule has 54 valence electrons. The van der Waals surface area contributed by atoms with Gasteiger partial charge < -0.3 is 10.5 Å². The van der Waals surface area contributed by atoms with E-state index in [9.17, 15) is 0 Å².